The normalized spacial score (nSPS) is 11.1. The Balaban J connectivity index is 2.32. The predicted octanol–water partition coefficient (Wildman–Crippen LogP) is 3.38. The average molecular weight is 278 g/mol. The molecule has 0 bridgehead atoms. The summed E-state index contributed by atoms with van der Waals surface area (Å²) < 4.78 is 10.2. The number of aryl methyl sites for hydroxylation is 1. The van der Waals surface area contributed by atoms with Gasteiger partial charge in [0.2, 0.25) is 5.88 Å². The van der Waals surface area contributed by atoms with Crippen LogP contribution in [0.3, 0.4) is 0 Å². The van der Waals surface area contributed by atoms with Crippen LogP contribution in [-0.4, -0.2) is 17.3 Å². The van der Waals surface area contributed by atoms with E-state index in [1.807, 2.05) is 19.1 Å². The lowest BCUT2D eigenvalue weighted by molar-refractivity contribution is 0.415. The fourth-order valence-corrected chi connectivity index (χ4v) is 2.46. The molecule has 5 nitrogen and oxygen atoms in total. The number of nitrogens with one attached hydrogen (secondary N) is 1. The number of aromatic amines is 1. The number of nitrogens with zero attached hydrogens (tertiary/aromatic N) is 1. The maximum Gasteiger partial charge on any atom is 0.222 e. The van der Waals surface area contributed by atoms with E-state index in [0.29, 0.717) is 16.5 Å². The molecule has 0 saturated carbocycles. The van der Waals surface area contributed by atoms with E-state index >= 15 is 0 Å². The van der Waals surface area contributed by atoms with Gasteiger partial charge in [0.1, 0.15) is 11.4 Å². The summed E-state index contributed by atoms with van der Waals surface area (Å²) >= 11 is 6.12. The summed E-state index contributed by atoms with van der Waals surface area (Å²) in [5, 5.41) is 5.48. The van der Waals surface area contributed by atoms with Crippen LogP contribution in [0.1, 0.15) is 5.69 Å². The molecule has 98 valence electrons. The van der Waals surface area contributed by atoms with Crippen molar-refractivity contribution in [2.45, 2.75) is 6.92 Å². The van der Waals surface area contributed by atoms with Crippen LogP contribution in [0.25, 0.3) is 22.2 Å². The summed E-state index contributed by atoms with van der Waals surface area (Å²) in [6.07, 6.45) is 0. The van der Waals surface area contributed by atoms with E-state index in [2.05, 4.69) is 10.1 Å². The zero-order valence-corrected chi connectivity index (χ0v) is 11.2. The maximum atomic E-state index is 6.12. The van der Waals surface area contributed by atoms with Crippen molar-refractivity contribution in [2.75, 3.05) is 12.8 Å². The first-order valence-corrected chi connectivity index (χ1v) is 6.06. The Morgan fingerprint density at radius 3 is 2.79 bits per heavy atom. The van der Waals surface area contributed by atoms with Gasteiger partial charge in [0.25, 0.3) is 0 Å². The number of halogens is 1. The molecule has 3 rings (SSSR count). The third-order valence-corrected chi connectivity index (χ3v) is 3.34. The number of rotatable bonds is 2. The molecule has 0 radical (unpaired) electrons. The summed E-state index contributed by atoms with van der Waals surface area (Å²) in [5.74, 6) is 0.899. The number of benzene rings is 1. The molecule has 1 aromatic carbocycles. The van der Waals surface area contributed by atoms with E-state index < -0.39 is 0 Å². The van der Waals surface area contributed by atoms with Crippen LogP contribution in [0.4, 0.5) is 5.88 Å². The quantitative estimate of drug-likeness (QED) is 0.753. The molecule has 0 aliphatic heterocycles. The molecule has 0 aliphatic rings. The number of fused-ring (bicyclic) bond motifs is 1. The number of H-pyrrole nitrogens is 1. The minimum Gasteiger partial charge on any atom is -0.495 e. The second kappa shape index (κ2) is 4.20. The summed E-state index contributed by atoms with van der Waals surface area (Å²) in [6, 6.07) is 5.40. The predicted molar refractivity (Wildman–Crippen MR) is 74.5 cm³/mol. The lowest BCUT2D eigenvalue weighted by Crippen LogP contribution is -1.84. The molecule has 0 amide bonds. The highest BCUT2D eigenvalue weighted by molar-refractivity contribution is 6.33. The third-order valence-electron chi connectivity index (χ3n) is 3.04. The Morgan fingerprint density at radius 2 is 2.16 bits per heavy atom. The van der Waals surface area contributed by atoms with E-state index in [1.54, 1.807) is 13.2 Å². The smallest absolute Gasteiger partial charge is 0.222 e. The summed E-state index contributed by atoms with van der Waals surface area (Å²) in [7, 11) is 1.58. The van der Waals surface area contributed by atoms with Gasteiger partial charge in [0.05, 0.1) is 12.1 Å². The summed E-state index contributed by atoms with van der Waals surface area (Å²) in [6.45, 7) is 1.96. The van der Waals surface area contributed by atoms with Gasteiger partial charge < -0.3 is 20.0 Å². The largest absolute Gasteiger partial charge is 0.495 e. The maximum absolute atomic E-state index is 6.12. The second-order valence-electron chi connectivity index (χ2n) is 4.27. The summed E-state index contributed by atoms with van der Waals surface area (Å²) in [4.78, 5) is 3.26. The van der Waals surface area contributed by atoms with Gasteiger partial charge in [0, 0.05) is 28.2 Å². The minimum atomic E-state index is 0.282. The number of hydrogen-bond donors (Lipinski definition) is 2. The first kappa shape index (κ1) is 11.9. The number of hydrogen-bond acceptors (Lipinski definition) is 4. The van der Waals surface area contributed by atoms with E-state index in [9.17, 15) is 0 Å². The van der Waals surface area contributed by atoms with Crippen LogP contribution in [0, 0.1) is 6.92 Å². The van der Waals surface area contributed by atoms with Gasteiger partial charge in [-0.2, -0.15) is 0 Å². The Labute approximate surface area is 114 Å². The molecule has 2 heterocycles. The van der Waals surface area contributed by atoms with Crippen molar-refractivity contribution in [3.8, 4) is 17.0 Å². The third kappa shape index (κ3) is 1.82. The molecule has 0 fully saturated rings. The van der Waals surface area contributed by atoms with Gasteiger partial charge in [-0.05, 0) is 19.1 Å². The average Bonchev–Trinajstić information content (AvgIpc) is 2.90. The minimum absolute atomic E-state index is 0.282. The number of aromatic nitrogens is 2. The number of methoxy groups -OCH3 is 1. The molecular formula is C13H12ClN3O2. The van der Waals surface area contributed by atoms with Gasteiger partial charge >= 0.3 is 0 Å². The Morgan fingerprint density at radius 1 is 1.37 bits per heavy atom. The lowest BCUT2D eigenvalue weighted by Gasteiger charge is -2.03. The van der Waals surface area contributed by atoms with Crippen molar-refractivity contribution in [1.82, 2.24) is 10.1 Å². The van der Waals surface area contributed by atoms with E-state index in [0.717, 1.165) is 22.2 Å². The van der Waals surface area contributed by atoms with Crippen LogP contribution in [0.2, 0.25) is 5.02 Å². The monoisotopic (exact) mass is 277 g/mol. The molecule has 0 unspecified atom stereocenters. The van der Waals surface area contributed by atoms with Crippen molar-refractivity contribution in [1.29, 1.82) is 0 Å². The Hall–Kier alpha value is -2.14. The topological polar surface area (TPSA) is 77.1 Å². The Bertz CT molecular complexity index is 761. The lowest BCUT2D eigenvalue weighted by atomic mass is 10.1. The zero-order valence-electron chi connectivity index (χ0n) is 10.5. The molecule has 0 saturated heterocycles. The van der Waals surface area contributed by atoms with Gasteiger partial charge in [0.15, 0.2) is 0 Å². The summed E-state index contributed by atoms with van der Waals surface area (Å²) in [5.41, 5.74) is 9.08. The van der Waals surface area contributed by atoms with Crippen LogP contribution in [-0.2, 0) is 0 Å². The van der Waals surface area contributed by atoms with E-state index in [-0.39, 0.29) is 5.88 Å². The van der Waals surface area contributed by atoms with Crippen molar-refractivity contribution in [2.24, 2.45) is 0 Å². The molecule has 0 atom stereocenters. The van der Waals surface area contributed by atoms with Crippen LogP contribution >= 0.6 is 11.6 Å². The highest BCUT2D eigenvalue weighted by atomic mass is 35.5. The van der Waals surface area contributed by atoms with Gasteiger partial charge in [-0.25, -0.2) is 0 Å². The van der Waals surface area contributed by atoms with Crippen molar-refractivity contribution in [3.05, 3.63) is 28.9 Å². The van der Waals surface area contributed by atoms with Gasteiger partial charge in [-0.1, -0.05) is 16.8 Å². The van der Waals surface area contributed by atoms with Crippen LogP contribution < -0.4 is 10.5 Å². The molecule has 0 aliphatic carbocycles. The molecule has 0 spiro atoms. The number of nitrogens with two attached hydrogens (primary N) is 1. The number of ether oxygens (including phenoxy) is 1. The van der Waals surface area contributed by atoms with Crippen molar-refractivity contribution in [3.63, 3.8) is 0 Å². The molecular weight excluding hydrogens is 266 g/mol. The van der Waals surface area contributed by atoms with Crippen molar-refractivity contribution >= 4 is 28.4 Å². The molecule has 6 heteroatoms. The molecule has 19 heavy (non-hydrogen) atoms. The highest BCUT2D eigenvalue weighted by Gasteiger charge is 2.16. The van der Waals surface area contributed by atoms with Gasteiger partial charge in [-0.3, -0.25) is 0 Å². The SMILES string of the molecule is COc1cc2c(-c3cc(N)on3)c(C)[nH]c2cc1Cl. The molecule has 2 aromatic heterocycles. The molecule has 3 aromatic rings. The Kier molecular flexibility index (Phi) is 2.64. The fourth-order valence-electron chi connectivity index (χ4n) is 2.22. The fraction of sp³-hybridized carbons (Fsp3) is 0.154. The van der Waals surface area contributed by atoms with Gasteiger partial charge in [-0.15, -0.1) is 0 Å². The van der Waals surface area contributed by atoms with Crippen LogP contribution in [0.15, 0.2) is 22.7 Å². The number of nitrogen functional groups attached to an aromatic ring is 1. The number of anilines is 1. The first-order valence-electron chi connectivity index (χ1n) is 5.68. The highest BCUT2D eigenvalue weighted by Crippen LogP contribution is 2.37. The van der Waals surface area contributed by atoms with E-state index in [1.165, 1.54) is 0 Å². The second-order valence-corrected chi connectivity index (χ2v) is 4.68. The van der Waals surface area contributed by atoms with Crippen molar-refractivity contribution < 1.29 is 9.26 Å². The standard InChI is InChI=1S/C13H12ClN3O2/c1-6-13(10-5-12(15)19-17-10)7-3-11(18-2)8(14)4-9(7)16-6/h3-5,16H,15H2,1-2H3. The molecule has 3 N–H and O–H groups in total. The van der Waals surface area contributed by atoms with E-state index in [4.69, 9.17) is 26.6 Å². The first-order chi connectivity index (χ1) is 9.10. The zero-order chi connectivity index (χ0) is 13.6. The van der Waals surface area contributed by atoms with Crippen LogP contribution in [0.5, 0.6) is 5.75 Å².